The van der Waals surface area contributed by atoms with Crippen molar-refractivity contribution in [1.29, 1.82) is 0 Å². The zero-order chi connectivity index (χ0) is 29.4. The summed E-state index contributed by atoms with van der Waals surface area (Å²) in [5.74, 6) is -4.86. The van der Waals surface area contributed by atoms with E-state index in [1.54, 1.807) is 18.2 Å². The Morgan fingerprint density at radius 3 is 2.30 bits per heavy atom. The SMILES string of the molecule is O=C(O)OCCc1c(F)ccc(NC(=O)c2cc(NC(=O)[C@H]3[C@H](c4ccc(Cl)c(Cl)c4)C3(Cl)Cl)ccc2Cl)c1F. The van der Waals surface area contributed by atoms with Crippen LogP contribution in [0.3, 0.4) is 0 Å². The van der Waals surface area contributed by atoms with Gasteiger partial charge >= 0.3 is 6.16 Å². The molecule has 0 aromatic heterocycles. The van der Waals surface area contributed by atoms with Crippen molar-refractivity contribution in [2.24, 2.45) is 5.92 Å². The molecule has 14 heteroatoms. The molecule has 1 aliphatic carbocycles. The number of rotatable bonds is 8. The second-order valence-electron chi connectivity index (χ2n) is 8.69. The number of hydrogen-bond donors (Lipinski definition) is 3. The zero-order valence-corrected chi connectivity index (χ0v) is 23.7. The van der Waals surface area contributed by atoms with Gasteiger partial charge in [0.25, 0.3) is 5.91 Å². The van der Waals surface area contributed by atoms with Crippen LogP contribution in [-0.2, 0) is 16.0 Å². The first kappa shape index (κ1) is 30.1. The summed E-state index contributed by atoms with van der Waals surface area (Å²) in [5, 5.41) is 14.1. The molecule has 40 heavy (non-hydrogen) atoms. The predicted molar refractivity (Wildman–Crippen MR) is 149 cm³/mol. The Morgan fingerprint density at radius 2 is 1.62 bits per heavy atom. The maximum absolute atomic E-state index is 14.9. The first-order valence-electron chi connectivity index (χ1n) is 11.4. The predicted octanol–water partition coefficient (Wildman–Crippen LogP) is 7.94. The number of carbonyl (C=O) groups is 3. The molecule has 0 bridgehead atoms. The number of ether oxygens (including phenoxy) is 1. The molecule has 210 valence electrons. The highest BCUT2D eigenvalue weighted by Crippen LogP contribution is 2.65. The van der Waals surface area contributed by atoms with Crippen molar-refractivity contribution in [2.45, 2.75) is 16.7 Å². The van der Waals surface area contributed by atoms with Crippen LogP contribution in [0.2, 0.25) is 15.1 Å². The Labute approximate surface area is 251 Å². The molecule has 0 saturated heterocycles. The molecule has 2 amide bonds. The van der Waals surface area contributed by atoms with Gasteiger partial charge in [-0.25, -0.2) is 13.6 Å². The fourth-order valence-corrected chi connectivity index (χ4v) is 5.46. The average molecular weight is 653 g/mol. The summed E-state index contributed by atoms with van der Waals surface area (Å²) >= 11 is 31.0. The highest BCUT2D eigenvalue weighted by Gasteiger charge is 2.67. The maximum Gasteiger partial charge on any atom is 0.505 e. The Hall–Kier alpha value is -2.82. The van der Waals surface area contributed by atoms with Gasteiger partial charge in [0.05, 0.1) is 38.8 Å². The van der Waals surface area contributed by atoms with E-state index in [2.05, 4.69) is 15.4 Å². The molecule has 0 radical (unpaired) electrons. The second-order valence-corrected chi connectivity index (χ2v) is 11.4. The number of carboxylic acid groups (broad SMARTS) is 1. The molecule has 7 nitrogen and oxygen atoms in total. The van der Waals surface area contributed by atoms with Gasteiger partial charge in [0.1, 0.15) is 10.2 Å². The standard InChI is InChI=1S/C26H17Cl5F2N2O5/c27-15-4-2-12(34-24(37)21-20(26(21,30)31)11-1-3-16(28)17(29)9-11)10-14(15)23(36)35-19-6-5-18(32)13(22(19)33)7-8-40-25(38)39/h1-6,9-10,20-21H,7-8H2,(H,34,37)(H,35,36)(H,38,39)/t20-,21+/m0/s1. The van der Waals surface area contributed by atoms with Crippen LogP contribution in [0.15, 0.2) is 48.5 Å². The number of amides is 2. The normalized spacial score (nSPS) is 17.2. The van der Waals surface area contributed by atoms with E-state index >= 15 is 0 Å². The Morgan fingerprint density at radius 1 is 0.925 bits per heavy atom. The van der Waals surface area contributed by atoms with Crippen molar-refractivity contribution < 1.29 is 33.0 Å². The van der Waals surface area contributed by atoms with Crippen LogP contribution in [0.5, 0.6) is 0 Å². The molecule has 4 rings (SSSR count). The fraction of sp³-hybridized carbons (Fsp3) is 0.192. The van der Waals surface area contributed by atoms with Crippen molar-refractivity contribution in [1.82, 2.24) is 0 Å². The van der Waals surface area contributed by atoms with Crippen molar-refractivity contribution >= 4 is 87.3 Å². The van der Waals surface area contributed by atoms with Gasteiger partial charge < -0.3 is 20.5 Å². The van der Waals surface area contributed by atoms with E-state index in [1.807, 2.05) is 0 Å². The summed E-state index contributed by atoms with van der Waals surface area (Å²) in [6.07, 6.45) is -2.00. The van der Waals surface area contributed by atoms with E-state index in [0.717, 1.165) is 12.1 Å². The topological polar surface area (TPSA) is 105 Å². The van der Waals surface area contributed by atoms with Crippen molar-refractivity contribution in [2.75, 3.05) is 17.2 Å². The minimum atomic E-state index is -1.60. The summed E-state index contributed by atoms with van der Waals surface area (Å²) in [6, 6.07) is 10.8. The van der Waals surface area contributed by atoms with Crippen LogP contribution in [0, 0.1) is 17.6 Å². The summed E-state index contributed by atoms with van der Waals surface area (Å²) in [4.78, 5) is 36.5. The van der Waals surface area contributed by atoms with Crippen molar-refractivity contribution in [3.8, 4) is 0 Å². The monoisotopic (exact) mass is 650 g/mol. The quantitative estimate of drug-likeness (QED) is 0.169. The molecule has 0 unspecified atom stereocenters. The number of anilines is 2. The van der Waals surface area contributed by atoms with Crippen molar-refractivity contribution in [3.63, 3.8) is 0 Å². The molecule has 2 atom stereocenters. The lowest BCUT2D eigenvalue weighted by Gasteiger charge is -2.13. The van der Waals surface area contributed by atoms with Gasteiger partial charge in [0.15, 0.2) is 5.82 Å². The number of hydrogen-bond acceptors (Lipinski definition) is 4. The number of benzene rings is 3. The van der Waals surface area contributed by atoms with Crippen LogP contribution in [0.1, 0.15) is 27.4 Å². The Bertz CT molecular complexity index is 1520. The average Bonchev–Trinajstić information content (AvgIpc) is 3.47. The molecular weight excluding hydrogens is 636 g/mol. The molecule has 1 fully saturated rings. The summed E-state index contributed by atoms with van der Waals surface area (Å²) in [5.41, 5.74) is -0.184. The third-order valence-electron chi connectivity index (χ3n) is 6.13. The van der Waals surface area contributed by atoms with Gasteiger partial charge in [0, 0.05) is 23.6 Å². The lowest BCUT2D eigenvalue weighted by Crippen LogP contribution is -2.19. The minimum Gasteiger partial charge on any atom is -0.450 e. The fourth-order valence-electron chi connectivity index (χ4n) is 4.12. The lowest BCUT2D eigenvalue weighted by molar-refractivity contribution is -0.117. The number of alkyl halides is 2. The number of carbonyl (C=O) groups excluding carboxylic acids is 2. The highest BCUT2D eigenvalue weighted by atomic mass is 35.5. The molecule has 0 aliphatic heterocycles. The third kappa shape index (κ3) is 6.39. The molecule has 1 aliphatic rings. The van der Waals surface area contributed by atoms with E-state index in [0.29, 0.717) is 10.6 Å². The first-order chi connectivity index (χ1) is 18.8. The molecule has 3 N–H and O–H groups in total. The van der Waals surface area contributed by atoms with Crippen molar-refractivity contribution in [3.05, 3.63) is 91.9 Å². The maximum atomic E-state index is 14.9. The van der Waals surface area contributed by atoms with Crippen LogP contribution in [0.4, 0.5) is 25.0 Å². The smallest absolute Gasteiger partial charge is 0.450 e. The van der Waals surface area contributed by atoms with Gasteiger partial charge in [-0.2, -0.15) is 0 Å². The summed E-state index contributed by atoms with van der Waals surface area (Å²) in [6.45, 7) is -0.493. The van der Waals surface area contributed by atoms with E-state index < -0.39 is 64.4 Å². The molecule has 3 aromatic carbocycles. The number of nitrogens with one attached hydrogen (secondary N) is 2. The summed E-state index contributed by atoms with van der Waals surface area (Å²) < 4.78 is 31.9. The molecule has 3 aromatic rings. The van der Waals surface area contributed by atoms with Gasteiger partial charge in [0.2, 0.25) is 5.91 Å². The number of halogens is 7. The van der Waals surface area contributed by atoms with Gasteiger partial charge in [-0.15, -0.1) is 23.2 Å². The van der Waals surface area contributed by atoms with E-state index in [-0.39, 0.29) is 27.0 Å². The van der Waals surface area contributed by atoms with Gasteiger partial charge in [-0.05, 0) is 48.0 Å². The Kier molecular flexibility index (Phi) is 9.02. The third-order valence-corrected chi connectivity index (χ3v) is 8.14. The van der Waals surface area contributed by atoms with Crippen LogP contribution in [-0.4, -0.2) is 34.0 Å². The molecular formula is C26H17Cl5F2N2O5. The van der Waals surface area contributed by atoms with E-state index in [9.17, 15) is 23.2 Å². The highest BCUT2D eigenvalue weighted by molar-refractivity contribution is 6.53. The molecule has 0 heterocycles. The van der Waals surface area contributed by atoms with Gasteiger partial charge in [-0.1, -0.05) is 40.9 Å². The molecule has 0 spiro atoms. The molecule has 1 saturated carbocycles. The lowest BCUT2D eigenvalue weighted by atomic mass is 10.1. The summed E-state index contributed by atoms with van der Waals surface area (Å²) in [7, 11) is 0. The second kappa shape index (κ2) is 12.0. The Balaban J connectivity index is 1.49. The minimum absolute atomic E-state index is 0.0164. The van der Waals surface area contributed by atoms with E-state index in [1.165, 1.54) is 18.2 Å². The largest absolute Gasteiger partial charge is 0.505 e. The van der Waals surface area contributed by atoms with E-state index in [4.69, 9.17) is 63.1 Å². The van der Waals surface area contributed by atoms with Crippen LogP contribution >= 0.6 is 58.0 Å². The van der Waals surface area contributed by atoms with Crippen LogP contribution in [0.25, 0.3) is 0 Å². The first-order valence-corrected chi connectivity index (χ1v) is 13.3. The van der Waals surface area contributed by atoms with Crippen LogP contribution < -0.4 is 10.6 Å². The zero-order valence-electron chi connectivity index (χ0n) is 19.9. The van der Waals surface area contributed by atoms with Gasteiger partial charge in [-0.3, -0.25) is 9.59 Å².